The molecule has 1 aliphatic rings. The summed E-state index contributed by atoms with van der Waals surface area (Å²) in [6.45, 7) is 0.0248. The smallest absolute Gasteiger partial charge is 0.306 e. The average molecular weight is 130 g/mol. The lowest BCUT2D eigenvalue weighted by Gasteiger charge is -2.31. The van der Waals surface area contributed by atoms with E-state index in [0.29, 0.717) is 0 Å². The lowest BCUT2D eigenvalue weighted by molar-refractivity contribution is -0.148. The molecule has 0 radical (unpaired) electrons. The van der Waals surface area contributed by atoms with Gasteiger partial charge >= 0.3 is 5.97 Å². The Morgan fingerprint density at radius 3 is 2.33 bits per heavy atom. The van der Waals surface area contributed by atoms with Crippen molar-refractivity contribution >= 4 is 5.97 Å². The Kier molecular flexibility index (Phi) is 1.71. The molecule has 0 bridgehead atoms. The minimum atomic E-state index is -0.764. The molecule has 0 saturated heterocycles. The Hall–Kier alpha value is -0.570. The SMILES string of the molecule is O=C(O)[C@H]1CC[C@H]1CO. The van der Waals surface area contributed by atoms with Gasteiger partial charge in [0.15, 0.2) is 0 Å². The third-order valence-corrected chi connectivity index (χ3v) is 1.97. The zero-order valence-corrected chi connectivity index (χ0v) is 5.08. The molecule has 1 aliphatic carbocycles. The van der Waals surface area contributed by atoms with Crippen molar-refractivity contribution in [1.29, 1.82) is 0 Å². The van der Waals surface area contributed by atoms with Crippen molar-refractivity contribution in [3.05, 3.63) is 0 Å². The molecule has 1 saturated carbocycles. The molecule has 2 N–H and O–H groups in total. The third kappa shape index (κ3) is 1.05. The van der Waals surface area contributed by atoms with Crippen molar-refractivity contribution in [2.45, 2.75) is 12.8 Å². The summed E-state index contributed by atoms with van der Waals surface area (Å²) >= 11 is 0. The fourth-order valence-electron chi connectivity index (χ4n) is 1.11. The highest BCUT2D eigenvalue weighted by Crippen LogP contribution is 2.33. The van der Waals surface area contributed by atoms with Gasteiger partial charge in [-0.3, -0.25) is 4.79 Å². The number of hydrogen-bond donors (Lipinski definition) is 2. The van der Waals surface area contributed by atoms with E-state index >= 15 is 0 Å². The fourth-order valence-corrected chi connectivity index (χ4v) is 1.11. The molecular weight excluding hydrogens is 120 g/mol. The second-order valence-corrected chi connectivity index (χ2v) is 2.46. The van der Waals surface area contributed by atoms with Crippen LogP contribution < -0.4 is 0 Å². The van der Waals surface area contributed by atoms with E-state index in [1.54, 1.807) is 0 Å². The maximum atomic E-state index is 10.2. The highest BCUT2D eigenvalue weighted by molar-refractivity contribution is 5.71. The molecule has 0 aromatic heterocycles. The molecule has 3 heteroatoms. The van der Waals surface area contributed by atoms with Crippen LogP contribution in [0.4, 0.5) is 0 Å². The summed E-state index contributed by atoms with van der Waals surface area (Å²) < 4.78 is 0. The van der Waals surface area contributed by atoms with E-state index < -0.39 is 5.97 Å². The Labute approximate surface area is 53.3 Å². The van der Waals surface area contributed by atoms with Gasteiger partial charge in [0, 0.05) is 6.61 Å². The third-order valence-electron chi connectivity index (χ3n) is 1.97. The van der Waals surface area contributed by atoms with Crippen molar-refractivity contribution in [2.75, 3.05) is 6.61 Å². The lowest BCUT2D eigenvalue weighted by atomic mass is 9.74. The van der Waals surface area contributed by atoms with Crippen LogP contribution in [0.1, 0.15) is 12.8 Å². The molecule has 0 aliphatic heterocycles. The van der Waals surface area contributed by atoms with Gasteiger partial charge in [0.1, 0.15) is 0 Å². The number of hydrogen-bond acceptors (Lipinski definition) is 2. The monoisotopic (exact) mass is 130 g/mol. The number of carboxylic acid groups (broad SMARTS) is 1. The van der Waals surface area contributed by atoms with Gasteiger partial charge in [0.2, 0.25) is 0 Å². The Bertz CT molecular complexity index is 119. The molecule has 1 rings (SSSR count). The van der Waals surface area contributed by atoms with Crippen LogP contribution in [0.15, 0.2) is 0 Å². The minimum Gasteiger partial charge on any atom is -0.481 e. The molecule has 3 nitrogen and oxygen atoms in total. The summed E-state index contributed by atoms with van der Waals surface area (Å²) in [6, 6.07) is 0. The summed E-state index contributed by atoms with van der Waals surface area (Å²) in [6.07, 6.45) is 1.61. The zero-order chi connectivity index (χ0) is 6.85. The van der Waals surface area contributed by atoms with Crippen LogP contribution >= 0.6 is 0 Å². The van der Waals surface area contributed by atoms with Gasteiger partial charge in [-0.15, -0.1) is 0 Å². The van der Waals surface area contributed by atoms with Crippen LogP contribution in [0.5, 0.6) is 0 Å². The summed E-state index contributed by atoms with van der Waals surface area (Å²) in [4.78, 5) is 10.2. The maximum absolute atomic E-state index is 10.2. The molecule has 0 aromatic carbocycles. The van der Waals surface area contributed by atoms with E-state index in [1.165, 1.54) is 0 Å². The molecule has 2 atom stereocenters. The lowest BCUT2D eigenvalue weighted by Crippen LogP contribution is -2.34. The predicted molar refractivity (Wildman–Crippen MR) is 30.9 cm³/mol. The first-order valence-electron chi connectivity index (χ1n) is 3.09. The van der Waals surface area contributed by atoms with Crippen molar-refractivity contribution in [1.82, 2.24) is 0 Å². The first-order valence-corrected chi connectivity index (χ1v) is 3.09. The first-order chi connectivity index (χ1) is 4.25. The predicted octanol–water partition coefficient (Wildman–Crippen LogP) is 0.0895. The molecule has 0 amide bonds. The average Bonchev–Trinajstić information content (AvgIpc) is 1.61. The standard InChI is InChI=1S/C6H10O3/c7-3-4-1-2-5(4)6(8)9/h4-5,7H,1-3H2,(H,8,9)/t4-,5-/m0/s1. The van der Waals surface area contributed by atoms with E-state index in [0.717, 1.165) is 12.8 Å². The molecular formula is C6H10O3. The van der Waals surface area contributed by atoms with Gasteiger partial charge in [-0.2, -0.15) is 0 Å². The van der Waals surface area contributed by atoms with Gasteiger partial charge in [0.25, 0.3) is 0 Å². The second-order valence-electron chi connectivity index (χ2n) is 2.46. The minimum absolute atomic E-state index is 0.0248. The largest absolute Gasteiger partial charge is 0.481 e. The summed E-state index contributed by atoms with van der Waals surface area (Å²) in [5.41, 5.74) is 0. The van der Waals surface area contributed by atoms with E-state index in [-0.39, 0.29) is 18.4 Å². The van der Waals surface area contributed by atoms with Crippen LogP contribution in [0.3, 0.4) is 0 Å². The van der Waals surface area contributed by atoms with Gasteiger partial charge in [-0.1, -0.05) is 0 Å². The summed E-state index contributed by atoms with van der Waals surface area (Å²) in [5.74, 6) is -1.00. The molecule has 9 heavy (non-hydrogen) atoms. The van der Waals surface area contributed by atoms with Crippen LogP contribution in [-0.4, -0.2) is 22.8 Å². The van der Waals surface area contributed by atoms with E-state index in [4.69, 9.17) is 10.2 Å². The summed E-state index contributed by atoms with van der Waals surface area (Å²) in [7, 11) is 0. The van der Waals surface area contributed by atoms with E-state index in [1.807, 2.05) is 0 Å². The van der Waals surface area contributed by atoms with Crippen LogP contribution in [-0.2, 0) is 4.79 Å². The normalized spacial score (nSPS) is 33.4. The van der Waals surface area contributed by atoms with Crippen LogP contribution in [0.25, 0.3) is 0 Å². The number of aliphatic hydroxyl groups is 1. The quantitative estimate of drug-likeness (QED) is 0.557. The number of carbonyl (C=O) groups is 1. The van der Waals surface area contributed by atoms with Crippen molar-refractivity contribution in [2.24, 2.45) is 11.8 Å². The number of carboxylic acids is 1. The fraction of sp³-hybridized carbons (Fsp3) is 0.833. The molecule has 1 fully saturated rings. The molecule has 52 valence electrons. The van der Waals surface area contributed by atoms with Gasteiger partial charge < -0.3 is 10.2 Å². The number of rotatable bonds is 2. The van der Waals surface area contributed by atoms with Gasteiger partial charge in [-0.05, 0) is 18.8 Å². The zero-order valence-electron chi connectivity index (χ0n) is 5.08. The number of aliphatic carboxylic acids is 1. The molecule has 0 spiro atoms. The Balaban J connectivity index is 2.35. The van der Waals surface area contributed by atoms with E-state index in [9.17, 15) is 4.79 Å². The number of aliphatic hydroxyl groups excluding tert-OH is 1. The van der Waals surface area contributed by atoms with E-state index in [2.05, 4.69) is 0 Å². The Morgan fingerprint density at radius 2 is 2.22 bits per heavy atom. The van der Waals surface area contributed by atoms with Gasteiger partial charge in [0.05, 0.1) is 5.92 Å². The van der Waals surface area contributed by atoms with Crippen molar-refractivity contribution < 1.29 is 15.0 Å². The second kappa shape index (κ2) is 2.35. The molecule has 0 heterocycles. The molecule has 0 unspecified atom stereocenters. The highest BCUT2D eigenvalue weighted by Gasteiger charge is 2.35. The highest BCUT2D eigenvalue weighted by atomic mass is 16.4. The van der Waals surface area contributed by atoms with Crippen molar-refractivity contribution in [3.8, 4) is 0 Å². The first kappa shape index (κ1) is 6.55. The maximum Gasteiger partial charge on any atom is 0.306 e. The van der Waals surface area contributed by atoms with Crippen LogP contribution in [0, 0.1) is 11.8 Å². The summed E-state index contributed by atoms with van der Waals surface area (Å²) in [5, 5.41) is 17.0. The van der Waals surface area contributed by atoms with Crippen LogP contribution in [0.2, 0.25) is 0 Å². The van der Waals surface area contributed by atoms with Gasteiger partial charge in [-0.25, -0.2) is 0 Å². The van der Waals surface area contributed by atoms with Crippen molar-refractivity contribution in [3.63, 3.8) is 0 Å². The Morgan fingerprint density at radius 1 is 1.56 bits per heavy atom. The topological polar surface area (TPSA) is 57.5 Å². The molecule has 0 aromatic rings.